The third-order valence-electron chi connectivity index (χ3n) is 2.61. The summed E-state index contributed by atoms with van der Waals surface area (Å²) in [6.07, 6.45) is -0.356. The smallest absolute Gasteiger partial charge is 0.373 e. The first-order valence-electron chi connectivity index (χ1n) is 5.81. The Hall–Kier alpha value is -1.46. The van der Waals surface area contributed by atoms with Crippen molar-refractivity contribution in [1.82, 2.24) is 0 Å². The van der Waals surface area contributed by atoms with Crippen molar-refractivity contribution in [2.75, 3.05) is 7.11 Å². The lowest BCUT2D eigenvalue weighted by Gasteiger charge is -2.13. The zero-order valence-corrected chi connectivity index (χ0v) is 13.2. The minimum atomic E-state index is -0.517. The molecule has 0 amide bonds. The molecule has 2 rings (SSSR count). The van der Waals surface area contributed by atoms with E-state index in [1.807, 2.05) is 6.92 Å². The van der Waals surface area contributed by atoms with E-state index in [4.69, 9.17) is 20.8 Å². The Morgan fingerprint density at radius 1 is 1.35 bits per heavy atom. The Labute approximate surface area is 129 Å². The Morgan fingerprint density at radius 2 is 2.10 bits per heavy atom. The molecule has 0 fully saturated rings. The largest absolute Gasteiger partial charge is 0.482 e. The third-order valence-corrected chi connectivity index (χ3v) is 3.47. The summed E-state index contributed by atoms with van der Waals surface area (Å²) in [5.41, 5.74) is 0. The number of hydrogen-bond donors (Lipinski definition) is 0. The predicted octanol–water partition coefficient (Wildman–Crippen LogP) is 4.62. The summed E-state index contributed by atoms with van der Waals surface area (Å²) in [5, 5.41) is 0.614. The summed E-state index contributed by atoms with van der Waals surface area (Å²) >= 11 is 9.24. The second-order valence-corrected chi connectivity index (χ2v) is 5.32. The highest BCUT2D eigenvalue weighted by Crippen LogP contribution is 2.32. The molecular formula is C14H12BrClO4. The molecule has 0 aliphatic heterocycles. The lowest BCUT2D eigenvalue weighted by molar-refractivity contribution is 0.0558. The van der Waals surface area contributed by atoms with Crippen molar-refractivity contribution in [3.63, 3.8) is 0 Å². The molecule has 1 unspecified atom stereocenters. The van der Waals surface area contributed by atoms with Gasteiger partial charge in [0, 0.05) is 5.02 Å². The van der Waals surface area contributed by atoms with Gasteiger partial charge in [-0.3, -0.25) is 0 Å². The molecule has 0 spiro atoms. The molecule has 1 aromatic carbocycles. The van der Waals surface area contributed by atoms with E-state index in [0.29, 0.717) is 16.5 Å². The van der Waals surface area contributed by atoms with E-state index >= 15 is 0 Å². The number of rotatable bonds is 4. The fourth-order valence-corrected chi connectivity index (χ4v) is 2.38. The molecule has 0 saturated heterocycles. The number of carbonyl (C=O) groups is 1. The summed E-state index contributed by atoms with van der Waals surface area (Å²) in [6, 6.07) is 8.47. The molecule has 0 aliphatic rings. The molecule has 0 saturated carbocycles. The lowest BCUT2D eigenvalue weighted by atomic mass is 10.3. The fourth-order valence-electron chi connectivity index (χ4n) is 1.60. The molecule has 2 aromatic rings. The van der Waals surface area contributed by atoms with Gasteiger partial charge in [0.15, 0.2) is 6.10 Å². The van der Waals surface area contributed by atoms with Crippen LogP contribution in [0, 0.1) is 0 Å². The number of esters is 1. The van der Waals surface area contributed by atoms with Crippen molar-refractivity contribution in [1.29, 1.82) is 0 Å². The second-order valence-electron chi connectivity index (χ2n) is 4.03. The van der Waals surface area contributed by atoms with Crippen LogP contribution in [0.1, 0.15) is 29.3 Å². The Bertz CT molecular complexity index is 623. The molecule has 20 heavy (non-hydrogen) atoms. The summed E-state index contributed by atoms with van der Waals surface area (Å²) in [4.78, 5) is 11.3. The normalized spacial score (nSPS) is 12.0. The van der Waals surface area contributed by atoms with E-state index in [1.165, 1.54) is 7.11 Å². The first kappa shape index (κ1) is 14.9. The molecule has 1 aromatic heterocycles. The number of halogens is 2. The van der Waals surface area contributed by atoms with Crippen molar-refractivity contribution >= 4 is 33.5 Å². The van der Waals surface area contributed by atoms with Crippen molar-refractivity contribution in [3.8, 4) is 5.75 Å². The van der Waals surface area contributed by atoms with Crippen LogP contribution in [-0.4, -0.2) is 13.1 Å². The fraction of sp³-hybridized carbons (Fsp3) is 0.214. The first-order valence-corrected chi connectivity index (χ1v) is 6.98. The lowest BCUT2D eigenvalue weighted by Crippen LogP contribution is -2.03. The van der Waals surface area contributed by atoms with Crippen LogP contribution in [0.25, 0.3) is 0 Å². The zero-order chi connectivity index (χ0) is 14.7. The van der Waals surface area contributed by atoms with Crippen LogP contribution in [0.3, 0.4) is 0 Å². The first-order chi connectivity index (χ1) is 9.51. The minimum Gasteiger partial charge on any atom is -0.482 e. The number of hydrogen-bond acceptors (Lipinski definition) is 4. The topological polar surface area (TPSA) is 48.7 Å². The van der Waals surface area contributed by atoms with Gasteiger partial charge in [0.2, 0.25) is 5.76 Å². The molecule has 1 atom stereocenters. The molecule has 0 aliphatic carbocycles. The van der Waals surface area contributed by atoms with Gasteiger partial charge in [-0.2, -0.15) is 0 Å². The van der Waals surface area contributed by atoms with Gasteiger partial charge in [-0.05, 0) is 53.2 Å². The standard InChI is InChI=1S/C14H12BrClO4/c1-8(11-5-6-13(20-11)14(17)18-2)19-12-4-3-9(16)7-10(12)15/h3-8H,1-2H3. The van der Waals surface area contributed by atoms with Crippen molar-refractivity contribution in [2.45, 2.75) is 13.0 Å². The van der Waals surface area contributed by atoms with Crippen LogP contribution in [-0.2, 0) is 4.74 Å². The van der Waals surface area contributed by atoms with E-state index in [-0.39, 0.29) is 11.9 Å². The summed E-state index contributed by atoms with van der Waals surface area (Å²) < 4.78 is 16.5. The average Bonchev–Trinajstić information content (AvgIpc) is 2.90. The maximum Gasteiger partial charge on any atom is 0.373 e. The summed E-state index contributed by atoms with van der Waals surface area (Å²) in [5.74, 6) is 0.800. The van der Waals surface area contributed by atoms with E-state index in [9.17, 15) is 4.79 Å². The summed E-state index contributed by atoms with van der Waals surface area (Å²) in [6.45, 7) is 1.82. The average molecular weight is 360 g/mol. The van der Waals surface area contributed by atoms with Crippen LogP contribution in [0.15, 0.2) is 39.2 Å². The highest BCUT2D eigenvalue weighted by molar-refractivity contribution is 9.10. The van der Waals surface area contributed by atoms with Gasteiger partial charge in [0.25, 0.3) is 0 Å². The molecule has 4 nitrogen and oxygen atoms in total. The SMILES string of the molecule is COC(=O)c1ccc(C(C)Oc2ccc(Cl)cc2Br)o1. The molecule has 0 bridgehead atoms. The zero-order valence-electron chi connectivity index (χ0n) is 10.9. The number of carbonyl (C=O) groups excluding carboxylic acids is 1. The highest BCUT2D eigenvalue weighted by atomic mass is 79.9. The van der Waals surface area contributed by atoms with E-state index in [1.54, 1.807) is 30.3 Å². The Morgan fingerprint density at radius 3 is 2.75 bits per heavy atom. The molecule has 106 valence electrons. The predicted molar refractivity (Wildman–Crippen MR) is 78.2 cm³/mol. The molecular weight excluding hydrogens is 348 g/mol. The van der Waals surface area contributed by atoms with Gasteiger partial charge < -0.3 is 13.9 Å². The monoisotopic (exact) mass is 358 g/mol. The Balaban J connectivity index is 2.13. The van der Waals surface area contributed by atoms with E-state index in [0.717, 1.165) is 4.47 Å². The van der Waals surface area contributed by atoms with Crippen molar-refractivity contribution in [3.05, 3.63) is 51.3 Å². The van der Waals surface area contributed by atoms with Crippen LogP contribution in [0.2, 0.25) is 5.02 Å². The maximum atomic E-state index is 11.3. The quantitative estimate of drug-likeness (QED) is 0.747. The van der Waals surface area contributed by atoms with Gasteiger partial charge in [-0.15, -0.1) is 0 Å². The minimum absolute atomic E-state index is 0.146. The molecule has 6 heteroatoms. The van der Waals surface area contributed by atoms with E-state index < -0.39 is 5.97 Å². The van der Waals surface area contributed by atoms with E-state index in [2.05, 4.69) is 20.7 Å². The van der Waals surface area contributed by atoms with Gasteiger partial charge in [0.1, 0.15) is 11.5 Å². The Kier molecular flexibility index (Phi) is 4.73. The number of methoxy groups -OCH3 is 1. The van der Waals surface area contributed by atoms with Gasteiger partial charge in [0.05, 0.1) is 11.6 Å². The van der Waals surface area contributed by atoms with Crippen LogP contribution in [0.4, 0.5) is 0 Å². The summed E-state index contributed by atoms with van der Waals surface area (Å²) in [7, 11) is 1.30. The number of benzene rings is 1. The molecule has 1 heterocycles. The second kappa shape index (κ2) is 6.33. The van der Waals surface area contributed by atoms with Crippen molar-refractivity contribution < 1.29 is 18.7 Å². The third kappa shape index (κ3) is 3.35. The highest BCUT2D eigenvalue weighted by Gasteiger charge is 2.17. The van der Waals surface area contributed by atoms with Crippen molar-refractivity contribution in [2.24, 2.45) is 0 Å². The molecule has 0 radical (unpaired) electrons. The van der Waals surface area contributed by atoms with Gasteiger partial charge >= 0.3 is 5.97 Å². The van der Waals surface area contributed by atoms with Crippen LogP contribution in [0.5, 0.6) is 5.75 Å². The molecule has 0 N–H and O–H groups in total. The van der Waals surface area contributed by atoms with Crippen LogP contribution >= 0.6 is 27.5 Å². The number of furan rings is 1. The number of ether oxygens (including phenoxy) is 2. The van der Waals surface area contributed by atoms with Gasteiger partial charge in [-0.25, -0.2) is 4.79 Å². The van der Waals surface area contributed by atoms with Gasteiger partial charge in [-0.1, -0.05) is 11.6 Å². The maximum absolute atomic E-state index is 11.3. The van der Waals surface area contributed by atoms with Crippen LogP contribution < -0.4 is 4.74 Å².